The smallest absolute Gasteiger partial charge is 0.242 e. The highest BCUT2D eigenvalue weighted by atomic mass is 35.5. The van der Waals surface area contributed by atoms with E-state index in [0.29, 0.717) is 35.6 Å². The van der Waals surface area contributed by atoms with Crippen LogP contribution in [0.15, 0.2) is 58.5 Å². The molecule has 10 nitrogen and oxygen atoms in total. The second kappa shape index (κ2) is 9.84. The molecule has 0 radical (unpaired) electrons. The summed E-state index contributed by atoms with van der Waals surface area (Å²) in [7, 11) is -7.53. The highest BCUT2D eigenvalue weighted by Gasteiger charge is 2.20. The molecule has 0 atom stereocenters. The van der Waals surface area contributed by atoms with Gasteiger partial charge in [-0.3, -0.25) is 0 Å². The molecule has 0 aliphatic carbocycles. The maximum atomic E-state index is 12.8. The van der Waals surface area contributed by atoms with Gasteiger partial charge in [0.05, 0.1) is 9.92 Å². The topological polar surface area (TPSA) is 142 Å². The van der Waals surface area contributed by atoms with Gasteiger partial charge in [-0.2, -0.15) is 4.98 Å². The largest absolute Gasteiger partial charge is 0.370 e. The molecule has 180 valence electrons. The number of aryl methyl sites for hydroxylation is 1. The fraction of sp³-hybridized carbons (Fsp3) is 0.238. The van der Waals surface area contributed by atoms with Crippen LogP contribution < -0.4 is 20.1 Å². The lowest BCUT2D eigenvalue weighted by Crippen LogP contribution is -2.26. The van der Waals surface area contributed by atoms with E-state index in [1.807, 2.05) is 0 Å². The molecule has 2 aromatic carbocycles. The van der Waals surface area contributed by atoms with Crippen molar-refractivity contribution < 1.29 is 16.8 Å². The molecule has 0 amide bonds. The monoisotopic (exact) mass is 522 g/mol. The molecule has 1 aliphatic rings. The van der Waals surface area contributed by atoms with Crippen molar-refractivity contribution in [2.75, 3.05) is 23.7 Å². The van der Waals surface area contributed by atoms with E-state index < -0.39 is 20.0 Å². The van der Waals surface area contributed by atoms with Crippen molar-refractivity contribution in [2.24, 2.45) is 0 Å². The zero-order valence-corrected chi connectivity index (χ0v) is 20.6. The lowest BCUT2D eigenvalue weighted by Gasteiger charge is -2.14. The van der Waals surface area contributed by atoms with Crippen molar-refractivity contribution >= 4 is 49.1 Å². The average molecular weight is 523 g/mol. The minimum absolute atomic E-state index is 0.00608. The number of hydrogen-bond donors (Lipinski definition) is 4. The van der Waals surface area contributed by atoms with Crippen LogP contribution >= 0.6 is 11.6 Å². The van der Waals surface area contributed by atoms with Gasteiger partial charge in [-0.05, 0) is 43.2 Å². The number of benzene rings is 2. The van der Waals surface area contributed by atoms with Gasteiger partial charge in [-0.15, -0.1) is 0 Å². The first-order valence-corrected chi connectivity index (χ1v) is 13.7. The third-order valence-electron chi connectivity index (χ3n) is 5.10. The summed E-state index contributed by atoms with van der Waals surface area (Å²) in [4.78, 5) is 8.86. The van der Waals surface area contributed by atoms with E-state index in [9.17, 15) is 16.8 Å². The molecule has 4 bridgehead atoms. The van der Waals surface area contributed by atoms with Gasteiger partial charge in [0.25, 0.3) is 0 Å². The molecule has 1 aliphatic heterocycles. The Bertz CT molecular complexity index is 1430. The minimum Gasteiger partial charge on any atom is -0.370 e. The summed E-state index contributed by atoms with van der Waals surface area (Å²) in [6.07, 6.45) is 1.99. The summed E-state index contributed by atoms with van der Waals surface area (Å²) < 4.78 is 55.7. The number of halogens is 1. The summed E-state index contributed by atoms with van der Waals surface area (Å²) in [6, 6.07) is 11.1. The first-order chi connectivity index (χ1) is 16.2. The Hall–Kier alpha value is -2.77. The van der Waals surface area contributed by atoms with Crippen molar-refractivity contribution in [3.63, 3.8) is 0 Å². The molecular formula is C21H23ClN6O4S2. The van der Waals surface area contributed by atoms with Crippen molar-refractivity contribution in [3.05, 3.63) is 64.8 Å². The van der Waals surface area contributed by atoms with Crippen molar-refractivity contribution in [1.82, 2.24) is 19.4 Å². The number of hydrogen-bond acceptors (Lipinski definition) is 8. The van der Waals surface area contributed by atoms with Crippen molar-refractivity contribution in [1.29, 1.82) is 0 Å². The van der Waals surface area contributed by atoms with Crippen LogP contribution in [0, 0.1) is 6.92 Å². The Morgan fingerprint density at radius 3 is 2.76 bits per heavy atom. The number of fused-ring (bicyclic) bond motifs is 4. The highest BCUT2D eigenvalue weighted by molar-refractivity contribution is 7.89. The third-order valence-corrected chi connectivity index (χ3v) is 8.62. The van der Waals surface area contributed by atoms with Gasteiger partial charge in [0.1, 0.15) is 10.7 Å². The molecule has 1 aromatic heterocycles. The van der Waals surface area contributed by atoms with Crippen LogP contribution in [-0.2, 0) is 26.6 Å². The summed E-state index contributed by atoms with van der Waals surface area (Å²) in [5.74, 6) is 0.659. The standard InChI is InChI=1S/C21H23ClN6O4S2/c1-14-5-2-8-18(19(14)22)34(31,32)26-13-15-12-24-21-27-16-6-3-7-17(11-16)33(29,30)25-10-4-9-23-20(15)28-21/h2-3,5-8,11-12,25-26H,4,9-10,13H2,1H3,(H2,23,24,27,28). The maximum Gasteiger partial charge on any atom is 0.242 e. The van der Waals surface area contributed by atoms with Crippen molar-refractivity contribution in [3.8, 4) is 0 Å². The lowest BCUT2D eigenvalue weighted by molar-refractivity contribution is 0.579. The van der Waals surface area contributed by atoms with E-state index in [1.54, 1.807) is 31.2 Å². The Morgan fingerprint density at radius 2 is 1.94 bits per heavy atom. The van der Waals surface area contributed by atoms with Gasteiger partial charge in [-0.1, -0.05) is 29.8 Å². The third kappa shape index (κ3) is 5.47. The molecule has 0 spiro atoms. The van der Waals surface area contributed by atoms with Gasteiger partial charge in [0.2, 0.25) is 26.0 Å². The van der Waals surface area contributed by atoms with Crippen LogP contribution in [0.1, 0.15) is 17.5 Å². The lowest BCUT2D eigenvalue weighted by atomic mass is 10.2. The molecule has 0 saturated heterocycles. The van der Waals surface area contributed by atoms with E-state index in [-0.39, 0.29) is 33.9 Å². The van der Waals surface area contributed by atoms with Gasteiger partial charge in [-0.25, -0.2) is 31.3 Å². The Kier molecular flexibility index (Phi) is 7.05. The van der Waals surface area contributed by atoms with E-state index in [2.05, 4.69) is 30.0 Å². The Labute approximate surface area is 203 Å². The molecule has 4 N–H and O–H groups in total. The van der Waals surface area contributed by atoms with Gasteiger partial charge in [0, 0.05) is 37.1 Å². The molecule has 0 saturated carbocycles. The molecule has 34 heavy (non-hydrogen) atoms. The Morgan fingerprint density at radius 1 is 1.15 bits per heavy atom. The van der Waals surface area contributed by atoms with Crippen LogP contribution in [0.3, 0.4) is 0 Å². The van der Waals surface area contributed by atoms with Crippen molar-refractivity contribution in [2.45, 2.75) is 29.7 Å². The highest BCUT2D eigenvalue weighted by Crippen LogP contribution is 2.25. The van der Waals surface area contributed by atoms with Crippen LogP contribution in [-0.4, -0.2) is 39.9 Å². The SMILES string of the molecule is Cc1cccc(S(=O)(=O)NCc2cnc3nc2NCCCNS(=O)(=O)c2cccc(c2)N3)c1Cl. The van der Waals surface area contributed by atoms with Gasteiger partial charge in [0.15, 0.2) is 0 Å². The fourth-order valence-corrected chi connectivity index (χ4v) is 5.99. The zero-order valence-electron chi connectivity index (χ0n) is 18.2. The van der Waals surface area contributed by atoms with Gasteiger partial charge < -0.3 is 10.6 Å². The van der Waals surface area contributed by atoms with E-state index in [4.69, 9.17) is 11.6 Å². The maximum absolute atomic E-state index is 12.8. The Balaban J connectivity index is 1.60. The number of rotatable bonds is 4. The molecule has 13 heteroatoms. The molecule has 2 heterocycles. The number of sulfonamides is 2. The van der Waals surface area contributed by atoms with Crippen LogP contribution in [0.5, 0.6) is 0 Å². The zero-order chi connectivity index (χ0) is 24.3. The van der Waals surface area contributed by atoms with Gasteiger partial charge >= 0.3 is 0 Å². The van der Waals surface area contributed by atoms with Crippen LogP contribution in [0.4, 0.5) is 17.5 Å². The summed E-state index contributed by atoms with van der Waals surface area (Å²) in [5, 5.41) is 6.29. The molecule has 4 rings (SSSR count). The summed E-state index contributed by atoms with van der Waals surface area (Å²) in [6.45, 7) is 2.28. The number of anilines is 3. The van der Waals surface area contributed by atoms with Crippen LogP contribution in [0.25, 0.3) is 0 Å². The number of aromatic nitrogens is 2. The second-order valence-corrected chi connectivity index (χ2v) is 11.5. The van der Waals surface area contributed by atoms with E-state index in [1.165, 1.54) is 24.4 Å². The van der Waals surface area contributed by atoms with E-state index in [0.717, 1.165) is 0 Å². The van der Waals surface area contributed by atoms with E-state index >= 15 is 0 Å². The fourth-order valence-electron chi connectivity index (χ4n) is 3.28. The molecule has 3 aromatic rings. The summed E-state index contributed by atoms with van der Waals surface area (Å²) in [5.41, 5.74) is 1.67. The molecular weight excluding hydrogens is 500 g/mol. The quantitative estimate of drug-likeness (QED) is 0.409. The first kappa shape index (κ1) is 24.4. The van der Waals surface area contributed by atoms with Crippen LogP contribution in [0.2, 0.25) is 5.02 Å². The average Bonchev–Trinajstić information content (AvgIpc) is 2.80. The molecule has 0 fully saturated rings. The number of nitrogens with zero attached hydrogens (tertiary/aromatic N) is 2. The predicted molar refractivity (Wildman–Crippen MR) is 130 cm³/mol. The molecule has 0 unspecified atom stereocenters. The predicted octanol–water partition coefficient (Wildman–Crippen LogP) is 2.75. The summed E-state index contributed by atoms with van der Waals surface area (Å²) >= 11 is 6.20. The normalized spacial score (nSPS) is 15.7. The second-order valence-electron chi connectivity index (χ2n) is 7.61. The number of nitrogens with one attached hydrogen (secondary N) is 4. The minimum atomic E-state index is -3.88. The first-order valence-electron chi connectivity index (χ1n) is 10.4.